The first-order valence-electron chi connectivity index (χ1n) is 22.3. The molecule has 2 aromatic rings. The molecule has 0 radical (unpaired) electrons. The van der Waals surface area contributed by atoms with Gasteiger partial charge >= 0.3 is 12.1 Å². The summed E-state index contributed by atoms with van der Waals surface area (Å²) in [4.78, 5) is 80.8. The van der Waals surface area contributed by atoms with E-state index in [9.17, 15) is 33.9 Å². The average molecular weight is 829 g/mol. The Morgan fingerprint density at radius 2 is 1.67 bits per heavy atom. The molecular weight excluding hydrogens is 765 g/mol. The Labute approximate surface area is 354 Å². The number of amides is 2. The number of ketones is 2. The quantitative estimate of drug-likeness (QED) is 0.0727. The standard InChI is InChI=1S/C48H64N2O10/c1-30-26-33(19-21-42(30)53)27-31(2)43(59-46(56)41-17-9-10-24-50(41)45(55)44(54)48(4)32(3)18-20-35(60-48)22-25-51)28-34(52)12-11-23-49-47(57)58-29-40-38-15-7-5-13-36(38)37-14-6-8-16-39(37)40/h5-8,13-16,25,30-33,35,40-43,53H,9-12,17-24,26-29H2,1-4H3,(H,49,57)/t30-,31-,32-,33-,35+,41+,42-,43+,48-/m1/s1. The van der Waals surface area contributed by atoms with Gasteiger partial charge in [-0.05, 0) is 117 Å². The maximum atomic E-state index is 14.1. The fraction of sp³-hybridized carbons (Fsp3) is 0.625. The van der Waals surface area contributed by atoms with Gasteiger partial charge in [0.05, 0.1) is 12.2 Å². The second-order valence-electron chi connectivity index (χ2n) is 18.1. The van der Waals surface area contributed by atoms with Crippen LogP contribution in [0, 0.1) is 23.7 Å². The summed E-state index contributed by atoms with van der Waals surface area (Å²) in [5.74, 6) is -2.35. The van der Waals surface area contributed by atoms with E-state index in [1.54, 1.807) is 6.92 Å². The predicted octanol–water partition coefficient (Wildman–Crippen LogP) is 7.11. The topological polar surface area (TPSA) is 166 Å². The number of benzene rings is 2. The van der Waals surface area contributed by atoms with Gasteiger partial charge in [-0.25, -0.2) is 9.59 Å². The van der Waals surface area contributed by atoms with Crippen LogP contribution >= 0.6 is 0 Å². The molecule has 1 saturated carbocycles. The molecule has 12 nitrogen and oxygen atoms in total. The Morgan fingerprint density at radius 1 is 0.967 bits per heavy atom. The summed E-state index contributed by atoms with van der Waals surface area (Å²) in [7, 11) is 0. The lowest BCUT2D eigenvalue weighted by Crippen LogP contribution is -2.59. The van der Waals surface area contributed by atoms with Gasteiger partial charge in [-0.2, -0.15) is 0 Å². The first-order chi connectivity index (χ1) is 28.8. The number of alkyl carbamates (subject to hydrolysis) is 1. The predicted molar refractivity (Wildman–Crippen MR) is 225 cm³/mol. The third-order valence-corrected chi connectivity index (χ3v) is 13.8. The van der Waals surface area contributed by atoms with Crippen molar-refractivity contribution in [2.75, 3.05) is 19.7 Å². The zero-order valence-electron chi connectivity index (χ0n) is 35.8. The largest absolute Gasteiger partial charge is 0.460 e. The first kappa shape index (κ1) is 45.1. The number of aliphatic hydroxyl groups excluding tert-OH is 1. The Kier molecular flexibility index (Phi) is 15.4. The Morgan fingerprint density at radius 3 is 2.35 bits per heavy atom. The highest BCUT2D eigenvalue weighted by atomic mass is 16.6. The molecule has 60 heavy (non-hydrogen) atoms. The molecule has 6 rings (SSSR count). The molecule has 3 fully saturated rings. The van der Waals surface area contributed by atoms with Crippen LogP contribution in [0.4, 0.5) is 4.79 Å². The van der Waals surface area contributed by atoms with E-state index in [0.717, 1.165) is 41.4 Å². The van der Waals surface area contributed by atoms with Crippen LogP contribution in [-0.2, 0) is 38.2 Å². The SMILES string of the molecule is C[C@@H]1C[C@H](C[C@@H](C)[C@H](CC(=O)CCCNC(=O)OCC2c3ccccc3-c3ccccc32)OC(=O)[C@@H]2CCCCN2C(=O)C(=O)[C@]2(C)O[C@H](CC=O)CC[C@H]2C)CC[C@H]1O. The molecule has 2 aliphatic carbocycles. The monoisotopic (exact) mass is 828 g/mol. The number of esters is 1. The highest BCUT2D eigenvalue weighted by Gasteiger charge is 2.50. The normalized spacial score (nSPS) is 27.4. The molecule has 4 aliphatic rings. The van der Waals surface area contributed by atoms with Crippen LogP contribution in [0.2, 0.25) is 0 Å². The molecule has 0 aromatic heterocycles. The average Bonchev–Trinajstić information content (AvgIpc) is 3.56. The highest BCUT2D eigenvalue weighted by Crippen LogP contribution is 2.44. The molecular formula is C48H64N2O10. The summed E-state index contributed by atoms with van der Waals surface area (Å²) in [6.45, 7) is 8.11. The van der Waals surface area contributed by atoms with E-state index >= 15 is 0 Å². The number of ether oxygens (including phenoxy) is 3. The van der Waals surface area contributed by atoms with Gasteiger partial charge in [0, 0.05) is 38.3 Å². The van der Waals surface area contributed by atoms with Crippen molar-refractivity contribution in [1.82, 2.24) is 10.2 Å². The van der Waals surface area contributed by atoms with Crippen LogP contribution in [-0.4, -0.2) is 95.5 Å². The molecule has 326 valence electrons. The van der Waals surface area contributed by atoms with Crippen molar-refractivity contribution < 1.29 is 48.1 Å². The van der Waals surface area contributed by atoms with Gasteiger partial charge in [0.2, 0.25) is 0 Å². The summed E-state index contributed by atoms with van der Waals surface area (Å²) >= 11 is 0. The van der Waals surface area contributed by atoms with Crippen LogP contribution in [0.1, 0.15) is 128 Å². The van der Waals surface area contributed by atoms with Crippen molar-refractivity contribution in [2.45, 2.75) is 147 Å². The van der Waals surface area contributed by atoms with Crippen LogP contribution in [0.15, 0.2) is 48.5 Å². The number of carbonyl (C=O) groups is 6. The summed E-state index contributed by atoms with van der Waals surface area (Å²) in [6, 6.07) is 15.3. The van der Waals surface area contributed by atoms with Crippen molar-refractivity contribution in [2.24, 2.45) is 23.7 Å². The second kappa shape index (κ2) is 20.4. The van der Waals surface area contributed by atoms with Crippen LogP contribution < -0.4 is 5.32 Å². The fourth-order valence-electron chi connectivity index (χ4n) is 9.97. The van der Waals surface area contributed by atoms with Gasteiger partial charge < -0.3 is 34.3 Å². The molecule has 2 aromatic carbocycles. The van der Waals surface area contributed by atoms with Gasteiger partial charge in [-0.15, -0.1) is 0 Å². The minimum Gasteiger partial charge on any atom is -0.460 e. The lowest BCUT2D eigenvalue weighted by molar-refractivity contribution is -0.182. The van der Waals surface area contributed by atoms with Gasteiger partial charge in [-0.3, -0.25) is 14.4 Å². The van der Waals surface area contributed by atoms with Crippen molar-refractivity contribution in [3.8, 4) is 11.1 Å². The maximum absolute atomic E-state index is 14.1. The van der Waals surface area contributed by atoms with E-state index in [1.165, 1.54) is 4.90 Å². The summed E-state index contributed by atoms with van der Waals surface area (Å²) < 4.78 is 18.0. The number of likely N-dealkylation sites (tertiary alicyclic amines) is 1. The van der Waals surface area contributed by atoms with Crippen LogP contribution in [0.3, 0.4) is 0 Å². The van der Waals surface area contributed by atoms with Crippen LogP contribution in [0.5, 0.6) is 0 Å². The number of nitrogens with zero attached hydrogens (tertiary/aromatic N) is 1. The molecule has 2 aliphatic heterocycles. The number of nitrogens with one attached hydrogen (secondary N) is 1. The minimum atomic E-state index is -1.43. The molecule has 0 bridgehead atoms. The summed E-state index contributed by atoms with van der Waals surface area (Å²) in [6.07, 6.45) is 5.21. The number of hydrogen-bond donors (Lipinski definition) is 2. The van der Waals surface area contributed by atoms with Gasteiger partial charge in [0.15, 0.2) is 0 Å². The number of piperidine rings is 1. The summed E-state index contributed by atoms with van der Waals surface area (Å²) in [5, 5.41) is 13.1. The number of rotatable bonds is 17. The molecule has 0 spiro atoms. The van der Waals surface area contributed by atoms with E-state index in [-0.39, 0.29) is 74.5 Å². The zero-order chi connectivity index (χ0) is 43.0. The first-order valence-corrected chi connectivity index (χ1v) is 22.3. The second-order valence-corrected chi connectivity index (χ2v) is 18.1. The molecule has 2 saturated heterocycles. The number of Topliss-reactive ketones (excluding diaryl/α,β-unsaturated/α-hetero) is 2. The Balaban J connectivity index is 1.05. The summed E-state index contributed by atoms with van der Waals surface area (Å²) in [5.41, 5.74) is 3.10. The molecule has 9 atom stereocenters. The van der Waals surface area contributed by atoms with Crippen LogP contribution in [0.25, 0.3) is 11.1 Å². The third-order valence-electron chi connectivity index (χ3n) is 13.8. The molecule has 2 heterocycles. The number of fused-ring (bicyclic) bond motifs is 3. The molecule has 2 amide bonds. The van der Waals surface area contributed by atoms with Gasteiger partial charge in [-0.1, -0.05) is 69.3 Å². The van der Waals surface area contributed by atoms with Crippen molar-refractivity contribution in [3.63, 3.8) is 0 Å². The fourth-order valence-corrected chi connectivity index (χ4v) is 9.97. The van der Waals surface area contributed by atoms with E-state index in [1.807, 2.05) is 45.0 Å². The number of aliphatic hydroxyl groups is 1. The smallest absolute Gasteiger partial charge is 0.407 e. The Hall–Kier alpha value is -4.42. The molecule has 12 heteroatoms. The number of aldehydes is 1. The lowest BCUT2D eigenvalue weighted by atomic mass is 9.75. The number of carbonyl (C=O) groups excluding carboxylic acids is 6. The van der Waals surface area contributed by atoms with Gasteiger partial charge in [0.25, 0.3) is 11.7 Å². The van der Waals surface area contributed by atoms with Crippen molar-refractivity contribution in [3.05, 3.63) is 59.7 Å². The minimum absolute atomic E-state index is 0.0239. The number of hydrogen-bond acceptors (Lipinski definition) is 10. The lowest BCUT2D eigenvalue weighted by Gasteiger charge is -2.43. The van der Waals surface area contributed by atoms with Gasteiger partial charge in [0.1, 0.15) is 36.4 Å². The van der Waals surface area contributed by atoms with E-state index in [0.29, 0.717) is 57.3 Å². The molecule has 0 unspecified atom stereocenters. The van der Waals surface area contributed by atoms with Crippen molar-refractivity contribution in [1.29, 1.82) is 0 Å². The zero-order valence-corrected chi connectivity index (χ0v) is 35.8. The highest BCUT2D eigenvalue weighted by molar-refractivity contribution is 6.39. The van der Waals surface area contributed by atoms with E-state index in [4.69, 9.17) is 14.2 Å². The Bertz CT molecular complexity index is 1820. The van der Waals surface area contributed by atoms with E-state index < -0.39 is 47.6 Å². The van der Waals surface area contributed by atoms with Crippen molar-refractivity contribution >= 4 is 35.8 Å². The third kappa shape index (κ3) is 10.5. The molecule has 2 N–H and O–H groups in total. The van der Waals surface area contributed by atoms with E-state index in [2.05, 4.69) is 29.6 Å². The maximum Gasteiger partial charge on any atom is 0.407 e.